The average molecular weight is 221 g/mol. The van der Waals surface area contributed by atoms with Crippen LogP contribution in [-0.4, -0.2) is 15.3 Å². The molecule has 1 fully saturated rings. The van der Waals surface area contributed by atoms with Crippen LogP contribution in [-0.2, 0) is 13.5 Å². The molecule has 0 aromatic carbocycles. The monoisotopic (exact) mass is 221 g/mol. The topological polar surface area (TPSA) is 43.8 Å². The van der Waals surface area contributed by atoms with Gasteiger partial charge in [-0.25, -0.2) is 0 Å². The van der Waals surface area contributed by atoms with Crippen molar-refractivity contribution in [3.8, 4) is 0 Å². The Labute approximate surface area is 98.0 Å². The Kier molecular flexibility index (Phi) is 3.06. The fourth-order valence-corrected chi connectivity index (χ4v) is 2.82. The summed E-state index contributed by atoms with van der Waals surface area (Å²) in [4.78, 5) is 0. The van der Waals surface area contributed by atoms with Crippen LogP contribution in [0.5, 0.6) is 0 Å². The van der Waals surface area contributed by atoms with Gasteiger partial charge < -0.3 is 5.73 Å². The lowest BCUT2D eigenvalue weighted by molar-refractivity contribution is 0.174. The lowest BCUT2D eigenvalue weighted by Gasteiger charge is -2.40. The van der Waals surface area contributed by atoms with Crippen molar-refractivity contribution in [1.82, 2.24) is 9.78 Å². The van der Waals surface area contributed by atoms with Crippen molar-refractivity contribution in [1.29, 1.82) is 0 Å². The van der Waals surface area contributed by atoms with Crippen molar-refractivity contribution < 1.29 is 0 Å². The van der Waals surface area contributed by atoms with Gasteiger partial charge in [-0.15, -0.1) is 0 Å². The summed E-state index contributed by atoms with van der Waals surface area (Å²) in [6.07, 6.45) is 6.43. The van der Waals surface area contributed by atoms with Crippen LogP contribution in [0.15, 0.2) is 12.3 Å². The maximum Gasteiger partial charge on any atom is 0.0642 e. The molecule has 1 aliphatic carbocycles. The molecule has 0 bridgehead atoms. The summed E-state index contributed by atoms with van der Waals surface area (Å²) in [5.41, 5.74) is 7.61. The zero-order chi connectivity index (χ0) is 11.8. The zero-order valence-electron chi connectivity index (χ0n) is 10.6. The van der Waals surface area contributed by atoms with Crippen LogP contribution in [0.1, 0.15) is 38.8 Å². The molecule has 1 aliphatic rings. The second-order valence-corrected chi connectivity index (χ2v) is 5.72. The molecule has 3 nitrogen and oxygen atoms in total. The normalized spacial score (nSPS) is 35.2. The maximum absolute atomic E-state index is 6.50. The highest BCUT2D eigenvalue weighted by Crippen LogP contribution is 2.36. The Morgan fingerprint density at radius 1 is 1.50 bits per heavy atom. The Morgan fingerprint density at radius 2 is 2.25 bits per heavy atom. The number of hydrogen-bond donors (Lipinski definition) is 1. The highest BCUT2D eigenvalue weighted by molar-refractivity contribution is 5.07. The lowest BCUT2D eigenvalue weighted by atomic mass is 9.70. The van der Waals surface area contributed by atoms with Crippen LogP contribution >= 0.6 is 0 Å². The summed E-state index contributed by atoms with van der Waals surface area (Å²) >= 11 is 0. The van der Waals surface area contributed by atoms with Gasteiger partial charge in [0.2, 0.25) is 0 Å². The standard InChI is InChI=1S/C13H23N3/c1-10-4-6-13(14,8-11(10)2)9-12-5-7-16(3)15-12/h5,7,10-11H,4,6,8-9,14H2,1-3H3. The van der Waals surface area contributed by atoms with Crippen molar-refractivity contribution in [2.75, 3.05) is 0 Å². The number of aryl methyl sites for hydroxylation is 1. The van der Waals surface area contributed by atoms with Crippen molar-refractivity contribution in [3.05, 3.63) is 18.0 Å². The van der Waals surface area contributed by atoms with E-state index in [1.165, 1.54) is 6.42 Å². The number of hydrogen-bond acceptors (Lipinski definition) is 2. The van der Waals surface area contributed by atoms with E-state index in [1.54, 1.807) is 0 Å². The summed E-state index contributed by atoms with van der Waals surface area (Å²) in [6.45, 7) is 4.66. The molecule has 1 saturated carbocycles. The molecule has 0 spiro atoms. The molecule has 3 atom stereocenters. The van der Waals surface area contributed by atoms with E-state index in [0.29, 0.717) is 0 Å². The predicted octanol–water partition coefficient (Wildman–Crippen LogP) is 2.12. The number of rotatable bonds is 2. The lowest BCUT2D eigenvalue weighted by Crippen LogP contribution is -2.47. The minimum Gasteiger partial charge on any atom is -0.325 e. The molecule has 2 N–H and O–H groups in total. The fraction of sp³-hybridized carbons (Fsp3) is 0.769. The van der Waals surface area contributed by atoms with Gasteiger partial charge in [-0.2, -0.15) is 5.10 Å². The highest BCUT2D eigenvalue weighted by Gasteiger charge is 2.34. The maximum atomic E-state index is 6.50. The molecule has 16 heavy (non-hydrogen) atoms. The van der Waals surface area contributed by atoms with Gasteiger partial charge >= 0.3 is 0 Å². The van der Waals surface area contributed by atoms with Gasteiger partial charge in [0, 0.05) is 25.2 Å². The van der Waals surface area contributed by atoms with Crippen LogP contribution in [0.3, 0.4) is 0 Å². The molecular weight excluding hydrogens is 198 g/mol. The first kappa shape index (κ1) is 11.6. The minimum absolute atomic E-state index is 0.0275. The van der Waals surface area contributed by atoms with Crippen LogP contribution in [0.4, 0.5) is 0 Å². The number of nitrogens with two attached hydrogens (primary N) is 1. The van der Waals surface area contributed by atoms with Gasteiger partial charge in [-0.3, -0.25) is 4.68 Å². The summed E-state index contributed by atoms with van der Waals surface area (Å²) in [7, 11) is 1.96. The van der Waals surface area contributed by atoms with E-state index in [1.807, 2.05) is 17.9 Å². The average Bonchev–Trinajstić information content (AvgIpc) is 2.58. The SMILES string of the molecule is CC1CCC(N)(Cc2ccn(C)n2)CC1C. The Balaban J connectivity index is 2.03. The van der Waals surface area contributed by atoms with E-state index in [0.717, 1.165) is 36.8 Å². The highest BCUT2D eigenvalue weighted by atomic mass is 15.2. The molecule has 1 aromatic rings. The smallest absolute Gasteiger partial charge is 0.0642 e. The van der Waals surface area contributed by atoms with Gasteiger partial charge in [0.1, 0.15) is 0 Å². The molecule has 0 amide bonds. The first-order valence-corrected chi connectivity index (χ1v) is 6.26. The zero-order valence-corrected chi connectivity index (χ0v) is 10.6. The largest absolute Gasteiger partial charge is 0.325 e. The third-order valence-electron chi connectivity index (χ3n) is 4.10. The third-order valence-corrected chi connectivity index (χ3v) is 4.10. The van der Waals surface area contributed by atoms with E-state index in [4.69, 9.17) is 5.73 Å². The molecule has 0 saturated heterocycles. The van der Waals surface area contributed by atoms with E-state index in [9.17, 15) is 0 Å². The van der Waals surface area contributed by atoms with Crippen molar-refractivity contribution in [2.45, 2.75) is 45.1 Å². The van der Waals surface area contributed by atoms with Gasteiger partial charge in [0.15, 0.2) is 0 Å². The first-order chi connectivity index (χ1) is 7.48. The molecule has 3 heteroatoms. The second-order valence-electron chi connectivity index (χ2n) is 5.72. The van der Waals surface area contributed by atoms with Crippen LogP contribution in [0.2, 0.25) is 0 Å². The molecule has 0 radical (unpaired) electrons. The van der Waals surface area contributed by atoms with Crippen LogP contribution in [0, 0.1) is 11.8 Å². The number of aromatic nitrogens is 2. The van der Waals surface area contributed by atoms with E-state index in [-0.39, 0.29) is 5.54 Å². The van der Waals surface area contributed by atoms with Gasteiger partial charge in [-0.1, -0.05) is 13.8 Å². The van der Waals surface area contributed by atoms with Crippen LogP contribution < -0.4 is 5.73 Å². The quantitative estimate of drug-likeness (QED) is 0.831. The minimum atomic E-state index is -0.0275. The molecule has 1 aromatic heterocycles. The molecule has 1 heterocycles. The molecule has 3 unspecified atom stereocenters. The van der Waals surface area contributed by atoms with Crippen LogP contribution in [0.25, 0.3) is 0 Å². The Bertz CT molecular complexity index is 358. The summed E-state index contributed by atoms with van der Waals surface area (Å²) in [5, 5.41) is 4.43. The Morgan fingerprint density at radius 3 is 2.81 bits per heavy atom. The molecule has 0 aliphatic heterocycles. The number of nitrogens with zero attached hydrogens (tertiary/aromatic N) is 2. The van der Waals surface area contributed by atoms with E-state index < -0.39 is 0 Å². The predicted molar refractivity (Wildman–Crippen MR) is 66.0 cm³/mol. The van der Waals surface area contributed by atoms with Gasteiger partial charge in [0.05, 0.1) is 5.69 Å². The van der Waals surface area contributed by atoms with Gasteiger partial charge in [-0.05, 0) is 37.2 Å². The van der Waals surface area contributed by atoms with Crippen molar-refractivity contribution in [3.63, 3.8) is 0 Å². The van der Waals surface area contributed by atoms with Crippen molar-refractivity contribution in [2.24, 2.45) is 24.6 Å². The third kappa shape index (κ3) is 2.46. The summed E-state index contributed by atoms with van der Waals surface area (Å²) < 4.78 is 1.85. The van der Waals surface area contributed by atoms with E-state index >= 15 is 0 Å². The molecular formula is C13H23N3. The fourth-order valence-electron chi connectivity index (χ4n) is 2.82. The van der Waals surface area contributed by atoms with Gasteiger partial charge in [0.25, 0.3) is 0 Å². The second kappa shape index (κ2) is 4.21. The van der Waals surface area contributed by atoms with E-state index in [2.05, 4.69) is 25.0 Å². The first-order valence-electron chi connectivity index (χ1n) is 6.26. The van der Waals surface area contributed by atoms with Crippen molar-refractivity contribution >= 4 is 0 Å². The molecule has 2 rings (SSSR count). The summed E-state index contributed by atoms with van der Waals surface area (Å²) in [5.74, 6) is 1.56. The summed E-state index contributed by atoms with van der Waals surface area (Å²) in [6, 6.07) is 2.08. The Hall–Kier alpha value is -0.830. The molecule has 90 valence electrons.